The Hall–Kier alpha value is -2.03. The fraction of sp³-hybridized carbons (Fsp3) is 0.625. The van der Waals surface area contributed by atoms with E-state index >= 15 is 0 Å². The zero-order valence-electron chi connectivity index (χ0n) is 9.06. The summed E-state index contributed by atoms with van der Waals surface area (Å²) in [7, 11) is 0. The highest BCUT2D eigenvalue weighted by molar-refractivity contribution is 5.82. The van der Waals surface area contributed by atoms with Crippen LogP contribution in [-0.2, 0) is 4.79 Å². The van der Waals surface area contributed by atoms with Crippen LogP contribution in [0.3, 0.4) is 0 Å². The van der Waals surface area contributed by atoms with Crippen molar-refractivity contribution in [1.82, 2.24) is 26.2 Å². The van der Waals surface area contributed by atoms with E-state index in [2.05, 4.69) is 21.3 Å². The molecule has 3 rings (SSSR count). The number of nitrogens with one attached hydrogen (secondary N) is 4. The maximum absolute atomic E-state index is 11.7. The van der Waals surface area contributed by atoms with E-state index in [1.807, 2.05) is 5.32 Å². The van der Waals surface area contributed by atoms with Crippen LogP contribution in [0, 0.1) is 0 Å². The number of fused-ring (bicyclic) bond motifs is 2. The number of piperazine rings is 1. The van der Waals surface area contributed by atoms with Crippen LogP contribution < -0.4 is 26.6 Å². The predicted molar refractivity (Wildman–Crippen MR) is 52.9 cm³/mol. The number of rotatable bonds is 0. The molecule has 4 atom stereocenters. The van der Waals surface area contributed by atoms with Gasteiger partial charge in [0.2, 0.25) is 18.2 Å². The van der Waals surface area contributed by atoms with E-state index in [4.69, 9.17) is 0 Å². The van der Waals surface area contributed by atoms with E-state index in [-0.39, 0.29) is 30.3 Å². The minimum atomic E-state index is -0.443. The lowest BCUT2D eigenvalue weighted by molar-refractivity contribution is -0.743. The monoisotopic (exact) mass is 241 g/mol. The first-order chi connectivity index (χ1) is 8.06. The molecule has 0 aromatic rings. The van der Waals surface area contributed by atoms with Gasteiger partial charge in [-0.1, -0.05) is 0 Å². The third-order valence-corrected chi connectivity index (χ3v) is 3.21. The van der Waals surface area contributed by atoms with Gasteiger partial charge >= 0.3 is 12.1 Å². The molecule has 3 saturated heterocycles. The summed E-state index contributed by atoms with van der Waals surface area (Å²) in [6, 6.07) is -0.623. The molecule has 9 heteroatoms. The minimum absolute atomic E-state index is 0.198. The number of urea groups is 2. The van der Waals surface area contributed by atoms with Crippen molar-refractivity contribution in [1.29, 1.82) is 0 Å². The van der Waals surface area contributed by atoms with Crippen LogP contribution in [0.5, 0.6) is 0 Å². The van der Waals surface area contributed by atoms with Crippen LogP contribution in [0.2, 0.25) is 0 Å². The van der Waals surface area contributed by atoms with Gasteiger partial charge in [-0.3, -0.25) is 20.3 Å². The number of hydrogen-bond acceptors (Lipinski definition) is 3. The first kappa shape index (κ1) is 10.1. The average Bonchev–Trinajstić information content (AvgIpc) is 2.73. The van der Waals surface area contributed by atoms with Crippen molar-refractivity contribution in [3.8, 4) is 0 Å². The van der Waals surface area contributed by atoms with Crippen molar-refractivity contribution >= 4 is 18.0 Å². The van der Waals surface area contributed by atoms with Gasteiger partial charge in [0, 0.05) is 6.92 Å². The van der Waals surface area contributed by atoms with Crippen LogP contribution in [0.4, 0.5) is 9.59 Å². The van der Waals surface area contributed by atoms with E-state index in [1.54, 1.807) is 0 Å². The van der Waals surface area contributed by atoms with Crippen molar-refractivity contribution in [2.45, 2.75) is 31.6 Å². The predicted octanol–water partition coefficient (Wildman–Crippen LogP) is -3.66. The first-order valence-corrected chi connectivity index (χ1v) is 5.34. The van der Waals surface area contributed by atoms with Gasteiger partial charge in [-0.2, -0.15) is 0 Å². The van der Waals surface area contributed by atoms with Gasteiger partial charge in [-0.05, 0) is 0 Å². The highest BCUT2D eigenvalue weighted by atomic mass is 16.2. The van der Waals surface area contributed by atoms with Crippen LogP contribution >= 0.6 is 0 Å². The molecule has 3 fully saturated rings. The largest absolute Gasteiger partial charge is 0.321 e. The van der Waals surface area contributed by atoms with Gasteiger partial charge in [0.1, 0.15) is 0 Å². The normalized spacial score (nSPS) is 38.5. The second-order valence-electron chi connectivity index (χ2n) is 4.30. The molecule has 17 heavy (non-hydrogen) atoms. The molecule has 3 heterocycles. The van der Waals surface area contributed by atoms with Gasteiger partial charge in [0.05, 0.1) is 0 Å². The molecule has 0 spiro atoms. The molecule has 3 aliphatic rings. The summed E-state index contributed by atoms with van der Waals surface area (Å²) in [5, 5.41) is 12.5. The number of hydrogen-bond donors (Lipinski definition) is 5. The quantitative estimate of drug-likeness (QED) is 0.301. The van der Waals surface area contributed by atoms with Crippen LogP contribution in [-0.4, -0.2) is 47.5 Å². The number of quaternary nitrogens is 1. The summed E-state index contributed by atoms with van der Waals surface area (Å²) in [5.41, 5.74) is 0. The maximum atomic E-state index is 11.7. The van der Waals surface area contributed by atoms with E-state index in [0.29, 0.717) is 0 Å². The second-order valence-corrected chi connectivity index (χ2v) is 4.30. The highest BCUT2D eigenvalue weighted by Gasteiger charge is 2.54. The zero-order chi connectivity index (χ0) is 12.2. The van der Waals surface area contributed by atoms with Crippen molar-refractivity contribution in [3.63, 3.8) is 0 Å². The molecule has 3 aliphatic heterocycles. The lowest BCUT2D eigenvalue weighted by Crippen LogP contribution is -3.07. The molecule has 0 bridgehead atoms. The molecule has 0 radical (unpaired) electrons. The molecular formula is C8H13N6O3+. The van der Waals surface area contributed by atoms with Crippen molar-refractivity contribution in [3.05, 3.63) is 0 Å². The van der Waals surface area contributed by atoms with E-state index < -0.39 is 12.3 Å². The van der Waals surface area contributed by atoms with Gasteiger partial charge in [-0.25, -0.2) is 9.59 Å². The standard InChI is InChI=1S/C8H12N6O3/c1-2(15)14-5-3(10-7(16)12-5)9-4-6(14)13-8(17)11-4/h3-6,9H,1H3,(H2,10,12,16)(H2,11,13,17)/p+1/t3-,4+,5-,6-/m1/s1. The van der Waals surface area contributed by atoms with Gasteiger partial charge in [0.25, 0.3) is 0 Å². The van der Waals surface area contributed by atoms with E-state index in [9.17, 15) is 14.4 Å². The van der Waals surface area contributed by atoms with Crippen LogP contribution in [0.1, 0.15) is 6.92 Å². The zero-order valence-corrected chi connectivity index (χ0v) is 9.06. The lowest BCUT2D eigenvalue weighted by atomic mass is 10.2. The fourth-order valence-electron chi connectivity index (χ4n) is 2.57. The third-order valence-electron chi connectivity index (χ3n) is 3.21. The Kier molecular flexibility index (Phi) is 1.93. The number of carbonyl (C=O) groups is 3. The first-order valence-electron chi connectivity index (χ1n) is 5.34. The summed E-state index contributed by atoms with van der Waals surface area (Å²) in [5.74, 6) is -0.198. The Morgan fingerprint density at radius 1 is 1.06 bits per heavy atom. The molecule has 6 N–H and O–H groups in total. The van der Waals surface area contributed by atoms with Crippen molar-refractivity contribution < 1.29 is 19.7 Å². The molecule has 0 aromatic heterocycles. The van der Waals surface area contributed by atoms with E-state index in [1.165, 1.54) is 11.8 Å². The Morgan fingerprint density at radius 3 is 1.94 bits per heavy atom. The molecule has 0 aliphatic carbocycles. The smallest absolute Gasteiger partial charge is 0.310 e. The van der Waals surface area contributed by atoms with E-state index in [0.717, 1.165) is 0 Å². The van der Waals surface area contributed by atoms with Crippen LogP contribution in [0.15, 0.2) is 0 Å². The topological polar surface area (TPSA) is 119 Å². The second kappa shape index (κ2) is 3.23. The Bertz CT molecular complexity index is 382. The molecule has 5 amide bonds. The Morgan fingerprint density at radius 2 is 1.53 bits per heavy atom. The number of nitrogens with zero attached hydrogens (tertiary/aromatic N) is 1. The molecular weight excluding hydrogens is 228 g/mol. The van der Waals surface area contributed by atoms with Gasteiger partial charge < -0.3 is 16.0 Å². The van der Waals surface area contributed by atoms with Gasteiger partial charge in [-0.15, -0.1) is 0 Å². The minimum Gasteiger partial charge on any atom is -0.310 e. The molecule has 0 saturated carbocycles. The van der Waals surface area contributed by atoms with Crippen molar-refractivity contribution in [2.24, 2.45) is 0 Å². The maximum Gasteiger partial charge on any atom is 0.321 e. The summed E-state index contributed by atoms with van der Waals surface area (Å²) in [6.07, 6.45) is -1.46. The van der Waals surface area contributed by atoms with Gasteiger partial charge in [0.15, 0.2) is 12.3 Å². The Balaban J connectivity index is 1.92. The SMILES string of the molecule is CC(=O)N1[C@H]2NC(=O)N[C@@H]2[NH2+][C@@H]2NC(=O)N[C@@H]21. The summed E-state index contributed by atoms with van der Waals surface area (Å²) >= 11 is 0. The number of nitrogens with two attached hydrogens (primary N) is 1. The number of carbonyl (C=O) groups excluding carboxylic acids is 3. The molecule has 92 valence electrons. The highest BCUT2D eigenvalue weighted by Crippen LogP contribution is 2.15. The fourth-order valence-corrected chi connectivity index (χ4v) is 2.57. The Labute approximate surface area is 96.3 Å². The summed E-state index contributed by atoms with van der Waals surface area (Å²) < 4.78 is 0. The summed E-state index contributed by atoms with van der Waals surface area (Å²) in [4.78, 5) is 35.7. The molecule has 9 nitrogen and oxygen atoms in total. The van der Waals surface area contributed by atoms with Crippen molar-refractivity contribution in [2.75, 3.05) is 0 Å². The molecule has 0 unspecified atom stereocenters. The number of amides is 5. The molecule has 0 aromatic carbocycles. The third kappa shape index (κ3) is 1.39. The summed E-state index contributed by atoms with van der Waals surface area (Å²) in [6.45, 7) is 1.41. The van der Waals surface area contributed by atoms with Crippen LogP contribution in [0.25, 0.3) is 0 Å². The average molecular weight is 241 g/mol. The lowest BCUT2D eigenvalue weighted by Gasteiger charge is -2.40.